The van der Waals surface area contributed by atoms with Gasteiger partial charge in [-0.05, 0) is 49.3 Å². The summed E-state index contributed by atoms with van der Waals surface area (Å²) >= 11 is 0. The Kier molecular flexibility index (Phi) is 3.58. The number of aromatic nitrogens is 2. The van der Waals surface area contributed by atoms with E-state index in [1.54, 1.807) is 0 Å². The van der Waals surface area contributed by atoms with E-state index in [-0.39, 0.29) is 0 Å². The second kappa shape index (κ2) is 5.92. The Morgan fingerprint density at radius 1 is 1.17 bits per heavy atom. The van der Waals surface area contributed by atoms with E-state index in [1.165, 1.54) is 61.2 Å². The van der Waals surface area contributed by atoms with E-state index >= 15 is 0 Å². The number of benzene rings is 1. The minimum atomic E-state index is 0.608. The predicted octanol–water partition coefficient (Wildman–Crippen LogP) is 3.14. The molecule has 1 saturated heterocycles. The van der Waals surface area contributed by atoms with Crippen molar-refractivity contribution in [3.63, 3.8) is 0 Å². The number of aryl methyl sites for hydroxylation is 1. The van der Waals surface area contributed by atoms with E-state index < -0.39 is 0 Å². The summed E-state index contributed by atoms with van der Waals surface area (Å²) in [6, 6.07) is 7.33. The van der Waals surface area contributed by atoms with E-state index in [2.05, 4.69) is 39.0 Å². The maximum absolute atomic E-state index is 5.62. The molecule has 2 aliphatic heterocycles. The first-order valence-electron chi connectivity index (χ1n) is 9.38. The van der Waals surface area contributed by atoms with Crippen molar-refractivity contribution in [1.82, 2.24) is 14.5 Å². The molecule has 1 atom stereocenters. The van der Waals surface area contributed by atoms with Crippen molar-refractivity contribution in [1.29, 1.82) is 0 Å². The molecular formula is C20H25N3O. The molecule has 1 fully saturated rings. The minimum Gasteiger partial charge on any atom is -0.493 e. The largest absolute Gasteiger partial charge is 0.493 e. The molecule has 2 aromatic rings. The van der Waals surface area contributed by atoms with Gasteiger partial charge in [-0.25, -0.2) is 4.98 Å². The van der Waals surface area contributed by atoms with Crippen LogP contribution >= 0.6 is 0 Å². The normalized spacial score (nSPS) is 23.1. The molecule has 0 N–H and O–H groups in total. The number of ether oxygens (including phenoxy) is 1. The van der Waals surface area contributed by atoms with Crippen molar-refractivity contribution in [2.75, 3.05) is 19.7 Å². The lowest BCUT2D eigenvalue weighted by molar-refractivity contribution is 0.314. The van der Waals surface area contributed by atoms with E-state index in [9.17, 15) is 0 Å². The van der Waals surface area contributed by atoms with Crippen LogP contribution in [0.1, 0.15) is 47.8 Å². The number of hydrogen-bond donors (Lipinski definition) is 0. The summed E-state index contributed by atoms with van der Waals surface area (Å²) in [6.45, 7) is 4.23. The van der Waals surface area contributed by atoms with Crippen LogP contribution in [0.5, 0.6) is 5.75 Å². The third kappa shape index (κ3) is 2.53. The van der Waals surface area contributed by atoms with Gasteiger partial charge in [-0.1, -0.05) is 12.1 Å². The highest BCUT2D eigenvalue weighted by Crippen LogP contribution is 2.30. The monoisotopic (exact) mass is 323 g/mol. The van der Waals surface area contributed by atoms with Gasteiger partial charge in [0, 0.05) is 37.8 Å². The van der Waals surface area contributed by atoms with Gasteiger partial charge >= 0.3 is 0 Å². The number of fused-ring (bicyclic) bond motifs is 2. The molecule has 0 amide bonds. The Hall–Kier alpha value is -1.81. The molecule has 0 radical (unpaired) electrons. The van der Waals surface area contributed by atoms with Crippen LogP contribution in [0.4, 0.5) is 0 Å². The standard InChI is InChI=1S/C20H25N3O/c1-2-4-19-18(3-1)21-14-23(19)17-7-9-22(13-17)12-15-5-6-20-16(11-15)8-10-24-20/h5-6,11,14,17H,1-4,7-10,12-13H2/t17-/m0/s1. The number of hydrogen-bond acceptors (Lipinski definition) is 3. The Morgan fingerprint density at radius 2 is 2.12 bits per heavy atom. The van der Waals surface area contributed by atoms with Crippen molar-refractivity contribution in [3.8, 4) is 5.75 Å². The van der Waals surface area contributed by atoms with Crippen LogP contribution in [0.3, 0.4) is 0 Å². The molecule has 126 valence electrons. The lowest BCUT2D eigenvalue weighted by Crippen LogP contribution is -2.22. The van der Waals surface area contributed by atoms with Crippen molar-refractivity contribution in [2.24, 2.45) is 0 Å². The zero-order valence-electron chi connectivity index (χ0n) is 14.2. The number of rotatable bonds is 3. The summed E-state index contributed by atoms with van der Waals surface area (Å²) in [5.74, 6) is 1.09. The zero-order chi connectivity index (χ0) is 15.9. The van der Waals surface area contributed by atoms with Gasteiger partial charge in [0.15, 0.2) is 0 Å². The van der Waals surface area contributed by atoms with E-state index in [1.807, 2.05) is 0 Å². The summed E-state index contributed by atoms with van der Waals surface area (Å²) in [4.78, 5) is 7.27. The maximum Gasteiger partial charge on any atom is 0.122 e. The first kappa shape index (κ1) is 14.5. The molecule has 1 aromatic carbocycles. The van der Waals surface area contributed by atoms with Crippen LogP contribution in [0.25, 0.3) is 0 Å². The average Bonchev–Trinajstić information content (AvgIpc) is 3.33. The highest BCUT2D eigenvalue weighted by molar-refractivity contribution is 5.39. The maximum atomic E-state index is 5.62. The van der Waals surface area contributed by atoms with Gasteiger partial charge in [-0.3, -0.25) is 4.90 Å². The summed E-state index contributed by atoms with van der Waals surface area (Å²) in [7, 11) is 0. The second-order valence-electron chi connectivity index (χ2n) is 7.47. The quantitative estimate of drug-likeness (QED) is 0.869. The van der Waals surface area contributed by atoms with E-state index in [0.717, 1.165) is 31.9 Å². The van der Waals surface area contributed by atoms with Gasteiger partial charge in [0.25, 0.3) is 0 Å². The van der Waals surface area contributed by atoms with E-state index in [0.29, 0.717) is 6.04 Å². The smallest absolute Gasteiger partial charge is 0.122 e. The fourth-order valence-corrected chi connectivity index (χ4v) is 4.59. The average molecular weight is 323 g/mol. The summed E-state index contributed by atoms with van der Waals surface area (Å²) in [5, 5.41) is 0. The Morgan fingerprint density at radius 3 is 3.12 bits per heavy atom. The van der Waals surface area contributed by atoms with Crippen molar-refractivity contribution in [3.05, 3.63) is 47.0 Å². The fraction of sp³-hybridized carbons (Fsp3) is 0.550. The minimum absolute atomic E-state index is 0.608. The SMILES string of the molecule is c1cc2c(cc1CN1CC[C@H](n3cnc4c3CCCC4)C1)CCO2. The predicted molar refractivity (Wildman–Crippen MR) is 93.4 cm³/mol. The first-order chi connectivity index (χ1) is 11.9. The van der Waals surface area contributed by atoms with Gasteiger partial charge in [-0.2, -0.15) is 0 Å². The lowest BCUT2D eigenvalue weighted by Gasteiger charge is -2.20. The number of imidazole rings is 1. The molecule has 1 aromatic heterocycles. The molecule has 3 heterocycles. The molecule has 0 spiro atoms. The fourth-order valence-electron chi connectivity index (χ4n) is 4.59. The third-order valence-corrected chi connectivity index (χ3v) is 5.86. The van der Waals surface area contributed by atoms with Gasteiger partial charge in [0.1, 0.15) is 5.75 Å². The third-order valence-electron chi connectivity index (χ3n) is 5.86. The molecule has 3 aliphatic rings. The molecule has 1 aliphatic carbocycles. The zero-order valence-corrected chi connectivity index (χ0v) is 14.2. The Balaban J connectivity index is 1.28. The van der Waals surface area contributed by atoms with Gasteiger partial charge in [0.05, 0.1) is 18.6 Å². The molecule has 4 heteroatoms. The van der Waals surface area contributed by atoms with Crippen LogP contribution in [0, 0.1) is 0 Å². The summed E-state index contributed by atoms with van der Waals surface area (Å²) < 4.78 is 8.11. The van der Waals surface area contributed by atoms with Gasteiger partial charge in [0.2, 0.25) is 0 Å². The van der Waals surface area contributed by atoms with Crippen molar-refractivity contribution in [2.45, 2.75) is 51.1 Å². The Bertz CT molecular complexity index is 751. The number of nitrogens with zero attached hydrogens (tertiary/aromatic N) is 3. The van der Waals surface area contributed by atoms with Crippen molar-refractivity contribution >= 4 is 0 Å². The van der Waals surface area contributed by atoms with Gasteiger partial charge in [-0.15, -0.1) is 0 Å². The molecule has 0 bridgehead atoms. The topological polar surface area (TPSA) is 30.3 Å². The van der Waals surface area contributed by atoms with Crippen molar-refractivity contribution < 1.29 is 4.74 Å². The molecular weight excluding hydrogens is 298 g/mol. The molecule has 0 unspecified atom stereocenters. The number of likely N-dealkylation sites (tertiary alicyclic amines) is 1. The molecule has 0 saturated carbocycles. The summed E-state index contributed by atoms with van der Waals surface area (Å²) in [6.07, 6.45) is 9.45. The summed E-state index contributed by atoms with van der Waals surface area (Å²) in [5.41, 5.74) is 5.68. The Labute approximate surface area is 143 Å². The van der Waals surface area contributed by atoms with Crippen LogP contribution in [0.15, 0.2) is 24.5 Å². The van der Waals surface area contributed by atoms with Crippen LogP contribution in [-0.2, 0) is 25.8 Å². The molecule has 24 heavy (non-hydrogen) atoms. The second-order valence-corrected chi connectivity index (χ2v) is 7.47. The molecule has 5 rings (SSSR count). The van der Waals surface area contributed by atoms with Gasteiger partial charge < -0.3 is 9.30 Å². The van der Waals surface area contributed by atoms with Crippen LogP contribution in [0.2, 0.25) is 0 Å². The van der Waals surface area contributed by atoms with Crippen LogP contribution < -0.4 is 4.74 Å². The lowest BCUT2D eigenvalue weighted by atomic mass is 10.0. The highest BCUT2D eigenvalue weighted by Gasteiger charge is 2.27. The van der Waals surface area contributed by atoms with E-state index in [4.69, 9.17) is 4.74 Å². The first-order valence-corrected chi connectivity index (χ1v) is 9.38. The highest BCUT2D eigenvalue weighted by atomic mass is 16.5. The van der Waals surface area contributed by atoms with Crippen LogP contribution in [-0.4, -0.2) is 34.1 Å². The molecule has 4 nitrogen and oxygen atoms in total.